The highest BCUT2D eigenvalue weighted by Gasteiger charge is 2.39. The van der Waals surface area contributed by atoms with E-state index in [-0.39, 0.29) is 24.0 Å². The molecule has 0 amide bonds. The molecule has 0 radical (unpaired) electrons. The number of piperidine rings is 1. The van der Waals surface area contributed by atoms with E-state index in [2.05, 4.69) is 27.0 Å². The van der Waals surface area contributed by atoms with E-state index in [9.17, 15) is 0 Å². The van der Waals surface area contributed by atoms with Crippen molar-refractivity contribution in [2.24, 2.45) is 16.3 Å². The molecule has 0 aromatic carbocycles. The first-order chi connectivity index (χ1) is 14.6. The maximum Gasteiger partial charge on any atom is 0.208 e. The van der Waals surface area contributed by atoms with Gasteiger partial charge in [-0.15, -0.1) is 24.0 Å². The molecular formula is C24H42IN5O. The lowest BCUT2D eigenvalue weighted by molar-refractivity contribution is 0.166. The maximum atomic E-state index is 5.77. The summed E-state index contributed by atoms with van der Waals surface area (Å²) < 4.78 is 5.77. The number of hydrogen-bond donors (Lipinski definition) is 1. The van der Waals surface area contributed by atoms with Crippen LogP contribution in [-0.2, 0) is 6.54 Å². The van der Waals surface area contributed by atoms with Crippen molar-refractivity contribution in [2.45, 2.75) is 78.7 Å². The number of nitrogens with one attached hydrogen (secondary N) is 1. The molecule has 31 heavy (non-hydrogen) atoms. The van der Waals surface area contributed by atoms with Crippen LogP contribution in [0.3, 0.4) is 0 Å². The average molecular weight is 544 g/mol. The highest BCUT2D eigenvalue weighted by atomic mass is 127. The van der Waals surface area contributed by atoms with Crippen molar-refractivity contribution in [2.75, 3.05) is 39.3 Å². The van der Waals surface area contributed by atoms with E-state index >= 15 is 0 Å². The van der Waals surface area contributed by atoms with Crippen molar-refractivity contribution in [3.05, 3.63) is 17.3 Å². The second-order valence-corrected chi connectivity index (χ2v) is 9.90. The summed E-state index contributed by atoms with van der Waals surface area (Å²) in [6.07, 6.45) is 10.9. The summed E-state index contributed by atoms with van der Waals surface area (Å²) in [5.41, 5.74) is 1.60. The Morgan fingerprint density at radius 3 is 2.52 bits per heavy atom. The second kappa shape index (κ2) is 11.3. The summed E-state index contributed by atoms with van der Waals surface area (Å²) in [7, 11) is 0. The summed E-state index contributed by atoms with van der Waals surface area (Å²) in [5.74, 6) is 3.66. The van der Waals surface area contributed by atoms with Gasteiger partial charge in [-0.1, -0.05) is 19.3 Å². The molecule has 1 aliphatic carbocycles. The van der Waals surface area contributed by atoms with Gasteiger partial charge in [0.15, 0.2) is 5.96 Å². The third-order valence-electron chi connectivity index (χ3n) is 7.63. The molecule has 7 heteroatoms. The number of hydrogen-bond acceptors (Lipinski definition) is 4. The van der Waals surface area contributed by atoms with E-state index in [1.54, 1.807) is 0 Å². The standard InChI is InChI=1S/C24H41N5O.HI/c1-4-25-23(29-15-12-24(18-29)10-6-5-7-11-24)26-16-21-8-13-28(14-9-21)17-22-27-19(2)20(3)30-22;/h21H,4-18H2,1-3H3,(H,25,26);1H. The Morgan fingerprint density at radius 1 is 1.13 bits per heavy atom. The molecule has 1 saturated carbocycles. The molecule has 1 aromatic rings. The quantitative estimate of drug-likeness (QED) is 0.330. The number of oxazole rings is 1. The predicted octanol–water partition coefficient (Wildman–Crippen LogP) is 4.74. The largest absolute Gasteiger partial charge is 0.444 e. The molecule has 0 unspecified atom stereocenters. The minimum atomic E-state index is 0. The normalized spacial score (nSPS) is 22.7. The van der Waals surface area contributed by atoms with Gasteiger partial charge in [-0.3, -0.25) is 9.89 Å². The summed E-state index contributed by atoms with van der Waals surface area (Å²) in [4.78, 5) is 14.7. The molecule has 0 atom stereocenters. The molecule has 1 aromatic heterocycles. The van der Waals surface area contributed by atoms with Crippen molar-refractivity contribution in [3.63, 3.8) is 0 Å². The summed E-state index contributed by atoms with van der Waals surface area (Å²) in [6.45, 7) is 13.6. The minimum Gasteiger partial charge on any atom is -0.444 e. The SMILES string of the molecule is CCNC(=NCC1CCN(Cc2nc(C)c(C)o2)CC1)N1CCC2(CCCCC2)C1.I. The lowest BCUT2D eigenvalue weighted by Gasteiger charge is -2.34. The number of guanidine groups is 1. The molecule has 3 fully saturated rings. The number of aliphatic imine (C=N–C) groups is 1. The summed E-state index contributed by atoms with van der Waals surface area (Å²) in [6, 6.07) is 0. The fraction of sp³-hybridized carbons (Fsp3) is 0.833. The molecule has 0 bridgehead atoms. The average Bonchev–Trinajstić information content (AvgIpc) is 3.29. The van der Waals surface area contributed by atoms with Crippen LogP contribution in [0.15, 0.2) is 9.41 Å². The van der Waals surface area contributed by atoms with Crippen LogP contribution in [0.4, 0.5) is 0 Å². The highest BCUT2D eigenvalue weighted by molar-refractivity contribution is 14.0. The van der Waals surface area contributed by atoms with Crippen LogP contribution in [-0.4, -0.2) is 60.0 Å². The van der Waals surface area contributed by atoms with E-state index in [0.717, 1.165) is 56.0 Å². The van der Waals surface area contributed by atoms with Gasteiger partial charge in [0, 0.05) is 26.2 Å². The van der Waals surface area contributed by atoms with E-state index < -0.39 is 0 Å². The zero-order valence-corrected chi connectivity index (χ0v) is 22.1. The molecule has 3 aliphatic rings. The van der Waals surface area contributed by atoms with E-state index in [4.69, 9.17) is 9.41 Å². The Balaban J connectivity index is 0.00000272. The van der Waals surface area contributed by atoms with E-state index in [1.165, 1.54) is 64.5 Å². The van der Waals surface area contributed by atoms with Crippen molar-refractivity contribution < 1.29 is 4.42 Å². The molecular weight excluding hydrogens is 501 g/mol. The van der Waals surface area contributed by atoms with Crippen molar-refractivity contribution in [3.8, 4) is 0 Å². The van der Waals surface area contributed by atoms with Gasteiger partial charge in [0.25, 0.3) is 0 Å². The number of rotatable bonds is 5. The number of halogens is 1. The zero-order chi connectivity index (χ0) is 21.0. The van der Waals surface area contributed by atoms with Gasteiger partial charge >= 0.3 is 0 Å². The van der Waals surface area contributed by atoms with Gasteiger partial charge in [0.1, 0.15) is 5.76 Å². The molecule has 1 N–H and O–H groups in total. The minimum absolute atomic E-state index is 0. The van der Waals surface area contributed by atoms with Gasteiger partial charge in [0.2, 0.25) is 5.89 Å². The molecule has 6 nitrogen and oxygen atoms in total. The summed E-state index contributed by atoms with van der Waals surface area (Å²) in [5, 5.41) is 3.58. The number of aryl methyl sites for hydroxylation is 2. The smallest absolute Gasteiger partial charge is 0.208 e. The van der Waals surface area contributed by atoms with Gasteiger partial charge in [-0.05, 0) is 77.3 Å². The Hall–Kier alpha value is -0.830. The van der Waals surface area contributed by atoms with Crippen molar-refractivity contribution in [1.29, 1.82) is 0 Å². The molecule has 2 aliphatic heterocycles. The molecule has 4 rings (SSSR count). The molecule has 176 valence electrons. The van der Waals surface area contributed by atoms with Crippen LogP contribution in [0.25, 0.3) is 0 Å². The Labute approximate surface area is 205 Å². The Bertz CT molecular complexity index is 700. The third kappa shape index (κ3) is 6.36. The van der Waals surface area contributed by atoms with Gasteiger partial charge in [-0.25, -0.2) is 4.98 Å². The lowest BCUT2D eigenvalue weighted by Crippen LogP contribution is -2.42. The molecule has 3 heterocycles. The highest BCUT2D eigenvalue weighted by Crippen LogP contribution is 2.43. The number of aromatic nitrogens is 1. The van der Waals surface area contributed by atoms with E-state index in [1.807, 2.05) is 13.8 Å². The molecule has 1 spiro atoms. The maximum absolute atomic E-state index is 5.77. The van der Waals surface area contributed by atoms with Gasteiger partial charge < -0.3 is 14.6 Å². The van der Waals surface area contributed by atoms with E-state index in [0.29, 0.717) is 11.3 Å². The monoisotopic (exact) mass is 543 g/mol. The molecule has 2 saturated heterocycles. The first kappa shape index (κ1) is 24.8. The fourth-order valence-electron chi connectivity index (χ4n) is 5.59. The van der Waals surface area contributed by atoms with Crippen LogP contribution < -0.4 is 5.32 Å². The zero-order valence-electron chi connectivity index (χ0n) is 19.8. The van der Waals surface area contributed by atoms with Crippen LogP contribution in [0, 0.1) is 25.2 Å². The Morgan fingerprint density at radius 2 is 1.87 bits per heavy atom. The lowest BCUT2D eigenvalue weighted by atomic mass is 9.73. The first-order valence-electron chi connectivity index (χ1n) is 12.3. The fourth-order valence-corrected chi connectivity index (χ4v) is 5.59. The van der Waals surface area contributed by atoms with Crippen molar-refractivity contribution in [1.82, 2.24) is 20.1 Å². The van der Waals surface area contributed by atoms with Crippen LogP contribution in [0.5, 0.6) is 0 Å². The van der Waals surface area contributed by atoms with Crippen LogP contribution in [0.2, 0.25) is 0 Å². The number of likely N-dealkylation sites (tertiary alicyclic amines) is 2. The third-order valence-corrected chi connectivity index (χ3v) is 7.63. The predicted molar refractivity (Wildman–Crippen MR) is 137 cm³/mol. The number of nitrogens with zero attached hydrogens (tertiary/aromatic N) is 4. The van der Waals surface area contributed by atoms with Crippen LogP contribution >= 0.6 is 24.0 Å². The second-order valence-electron chi connectivity index (χ2n) is 9.90. The van der Waals surface area contributed by atoms with Gasteiger partial charge in [-0.2, -0.15) is 0 Å². The topological polar surface area (TPSA) is 56.9 Å². The van der Waals surface area contributed by atoms with Gasteiger partial charge in [0.05, 0.1) is 12.2 Å². The summed E-state index contributed by atoms with van der Waals surface area (Å²) >= 11 is 0. The Kier molecular flexibility index (Phi) is 9.08. The van der Waals surface area contributed by atoms with Crippen LogP contribution in [0.1, 0.15) is 75.6 Å². The van der Waals surface area contributed by atoms with Crippen molar-refractivity contribution >= 4 is 29.9 Å². The first-order valence-corrected chi connectivity index (χ1v) is 12.3.